The summed E-state index contributed by atoms with van der Waals surface area (Å²) in [6.07, 6.45) is 1.68. The van der Waals surface area contributed by atoms with Gasteiger partial charge in [-0.25, -0.2) is 18.2 Å². The van der Waals surface area contributed by atoms with Crippen molar-refractivity contribution in [3.63, 3.8) is 0 Å². The molecule has 4 N–H and O–H groups in total. The molecule has 158 valence electrons. The molecule has 0 saturated carbocycles. The number of fused-ring (bicyclic) bond motifs is 1. The van der Waals surface area contributed by atoms with Gasteiger partial charge in [-0.2, -0.15) is 4.98 Å². The summed E-state index contributed by atoms with van der Waals surface area (Å²) in [7, 11) is 0. The number of nitrogen functional groups attached to an aromatic ring is 2. The predicted molar refractivity (Wildman–Crippen MR) is 108 cm³/mol. The molecular formula is C21H22F3N5O. The third kappa shape index (κ3) is 4.25. The second kappa shape index (κ2) is 8.35. The maximum absolute atomic E-state index is 13.9. The highest BCUT2D eigenvalue weighted by Crippen LogP contribution is 2.30. The highest BCUT2D eigenvalue weighted by atomic mass is 19.2. The zero-order chi connectivity index (χ0) is 21.3. The topological polar surface area (TPSA) is 90.3 Å². The molecule has 1 aliphatic heterocycles. The molecule has 3 aromatic rings. The van der Waals surface area contributed by atoms with Gasteiger partial charge in [0.2, 0.25) is 5.95 Å². The molecule has 1 aliphatic rings. The van der Waals surface area contributed by atoms with Crippen molar-refractivity contribution in [2.45, 2.75) is 19.4 Å². The fourth-order valence-electron chi connectivity index (χ4n) is 3.76. The molecule has 0 spiro atoms. The number of halogens is 3. The number of rotatable bonds is 5. The smallest absolute Gasteiger partial charge is 0.222 e. The van der Waals surface area contributed by atoms with E-state index < -0.39 is 17.5 Å². The molecule has 0 bridgehead atoms. The molecule has 0 unspecified atom stereocenters. The van der Waals surface area contributed by atoms with Crippen LogP contribution in [0.5, 0.6) is 5.75 Å². The molecule has 1 saturated heterocycles. The van der Waals surface area contributed by atoms with Crippen LogP contribution in [0.15, 0.2) is 30.3 Å². The molecule has 9 heteroatoms. The van der Waals surface area contributed by atoms with Crippen LogP contribution in [0.3, 0.4) is 0 Å². The van der Waals surface area contributed by atoms with Crippen molar-refractivity contribution < 1.29 is 17.9 Å². The Hall–Kier alpha value is -3.07. The Bertz CT molecular complexity index is 1070. The van der Waals surface area contributed by atoms with Gasteiger partial charge in [-0.15, -0.1) is 0 Å². The largest absolute Gasteiger partial charge is 0.492 e. The number of piperidine rings is 1. The van der Waals surface area contributed by atoms with Gasteiger partial charge in [-0.1, -0.05) is 6.07 Å². The van der Waals surface area contributed by atoms with Crippen LogP contribution in [0.1, 0.15) is 18.4 Å². The fourth-order valence-corrected chi connectivity index (χ4v) is 3.76. The lowest BCUT2D eigenvalue weighted by Gasteiger charge is -2.32. The zero-order valence-corrected chi connectivity index (χ0v) is 16.2. The van der Waals surface area contributed by atoms with Gasteiger partial charge in [0.05, 0.1) is 17.5 Å². The van der Waals surface area contributed by atoms with E-state index in [9.17, 15) is 13.2 Å². The molecule has 30 heavy (non-hydrogen) atoms. The van der Waals surface area contributed by atoms with Crippen molar-refractivity contribution in [2.75, 3.05) is 31.2 Å². The third-order valence-corrected chi connectivity index (χ3v) is 5.40. The van der Waals surface area contributed by atoms with Crippen LogP contribution in [-0.2, 0) is 6.54 Å². The van der Waals surface area contributed by atoms with Crippen molar-refractivity contribution in [2.24, 2.45) is 5.92 Å². The van der Waals surface area contributed by atoms with Crippen LogP contribution in [0, 0.1) is 23.4 Å². The van der Waals surface area contributed by atoms with E-state index in [0.717, 1.165) is 18.9 Å². The Morgan fingerprint density at radius 1 is 1.00 bits per heavy atom. The van der Waals surface area contributed by atoms with Crippen LogP contribution < -0.4 is 16.2 Å². The van der Waals surface area contributed by atoms with Gasteiger partial charge < -0.3 is 16.2 Å². The first-order valence-corrected chi connectivity index (χ1v) is 9.71. The second-order valence-electron chi connectivity index (χ2n) is 7.51. The number of hydrogen-bond donors (Lipinski definition) is 2. The summed E-state index contributed by atoms with van der Waals surface area (Å²) in [5.74, 6) is -1.63. The highest BCUT2D eigenvalue weighted by Gasteiger charge is 2.22. The van der Waals surface area contributed by atoms with Gasteiger partial charge >= 0.3 is 0 Å². The molecule has 6 nitrogen and oxygen atoms in total. The Balaban J connectivity index is 1.35. The Morgan fingerprint density at radius 2 is 1.73 bits per heavy atom. The predicted octanol–water partition coefficient (Wildman–Crippen LogP) is 3.50. The summed E-state index contributed by atoms with van der Waals surface area (Å²) in [4.78, 5) is 10.2. The number of nitrogens with two attached hydrogens (primary N) is 2. The first-order valence-electron chi connectivity index (χ1n) is 9.71. The monoisotopic (exact) mass is 417 g/mol. The maximum atomic E-state index is 13.9. The molecule has 2 aromatic carbocycles. The van der Waals surface area contributed by atoms with Crippen LogP contribution in [-0.4, -0.2) is 34.6 Å². The molecule has 0 atom stereocenters. The SMILES string of the molecule is Nc1nc(N)c2c(OCC3CCN(Cc4cc(F)c(F)cc4F)CC3)cccc2n1. The van der Waals surface area contributed by atoms with Gasteiger partial charge in [0.25, 0.3) is 0 Å². The molecular weight excluding hydrogens is 395 g/mol. The van der Waals surface area contributed by atoms with E-state index in [1.54, 1.807) is 6.07 Å². The quantitative estimate of drug-likeness (QED) is 0.618. The number of nitrogens with zero attached hydrogens (tertiary/aromatic N) is 3. The Kier molecular flexibility index (Phi) is 5.63. The fraction of sp³-hybridized carbons (Fsp3) is 0.333. The van der Waals surface area contributed by atoms with Crippen LogP contribution in [0.4, 0.5) is 24.9 Å². The second-order valence-corrected chi connectivity index (χ2v) is 7.51. The average Bonchev–Trinajstić information content (AvgIpc) is 2.71. The maximum Gasteiger partial charge on any atom is 0.222 e. The zero-order valence-electron chi connectivity index (χ0n) is 16.2. The number of benzene rings is 2. The van der Waals surface area contributed by atoms with Crippen molar-refractivity contribution in [3.8, 4) is 5.75 Å². The standard InChI is InChI=1S/C21H22F3N5O/c22-14-9-16(24)15(23)8-13(14)10-29-6-4-12(5-7-29)11-30-18-3-1-2-17-19(18)20(25)28-21(26)27-17/h1-3,8-9,12H,4-7,10-11H2,(H4,25,26,27,28). The van der Waals surface area contributed by atoms with Gasteiger partial charge in [0.15, 0.2) is 11.6 Å². The highest BCUT2D eigenvalue weighted by molar-refractivity contribution is 5.94. The van der Waals surface area contributed by atoms with E-state index in [0.29, 0.717) is 48.3 Å². The van der Waals surface area contributed by atoms with Crippen LogP contribution in [0.2, 0.25) is 0 Å². The van der Waals surface area contributed by atoms with E-state index >= 15 is 0 Å². The lowest BCUT2D eigenvalue weighted by molar-refractivity contribution is 0.136. The van der Waals surface area contributed by atoms with Crippen molar-refractivity contribution in [3.05, 3.63) is 53.3 Å². The molecule has 0 radical (unpaired) electrons. The number of hydrogen-bond acceptors (Lipinski definition) is 6. The minimum atomic E-state index is -1.17. The van der Waals surface area contributed by atoms with Crippen molar-refractivity contribution in [1.29, 1.82) is 0 Å². The van der Waals surface area contributed by atoms with Crippen molar-refractivity contribution in [1.82, 2.24) is 14.9 Å². The van der Waals surface area contributed by atoms with Gasteiger partial charge in [-0.05, 0) is 50.0 Å². The van der Waals surface area contributed by atoms with Crippen molar-refractivity contribution >= 4 is 22.7 Å². The molecule has 0 aliphatic carbocycles. The van der Waals surface area contributed by atoms with E-state index in [1.165, 1.54) is 0 Å². The molecule has 2 heterocycles. The first-order chi connectivity index (χ1) is 14.4. The third-order valence-electron chi connectivity index (χ3n) is 5.40. The average molecular weight is 417 g/mol. The summed E-state index contributed by atoms with van der Waals surface area (Å²) in [5, 5.41) is 0.637. The van der Waals surface area contributed by atoms with E-state index in [1.807, 2.05) is 17.0 Å². The number of likely N-dealkylation sites (tertiary alicyclic amines) is 1. The number of anilines is 2. The summed E-state index contributed by atoms with van der Waals surface area (Å²) < 4.78 is 46.4. The summed E-state index contributed by atoms with van der Waals surface area (Å²) in [6, 6.07) is 6.96. The normalized spacial score (nSPS) is 15.6. The van der Waals surface area contributed by atoms with E-state index in [-0.39, 0.29) is 23.9 Å². The summed E-state index contributed by atoms with van der Waals surface area (Å²) >= 11 is 0. The molecule has 4 rings (SSSR count). The van der Waals surface area contributed by atoms with Crippen LogP contribution >= 0.6 is 0 Å². The summed E-state index contributed by atoms with van der Waals surface area (Å²) in [5.41, 5.74) is 12.4. The summed E-state index contributed by atoms with van der Waals surface area (Å²) in [6.45, 7) is 2.17. The molecule has 1 fully saturated rings. The Labute approximate surface area is 171 Å². The number of ether oxygens (including phenoxy) is 1. The first kappa shape index (κ1) is 20.2. The molecule has 1 aromatic heterocycles. The van der Waals surface area contributed by atoms with Crippen LogP contribution in [0.25, 0.3) is 10.9 Å². The minimum Gasteiger partial charge on any atom is -0.492 e. The van der Waals surface area contributed by atoms with E-state index in [2.05, 4.69) is 9.97 Å². The van der Waals surface area contributed by atoms with Gasteiger partial charge in [-0.3, -0.25) is 4.90 Å². The Morgan fingerprint density at radius 3 is 2.50 bits per heavy atom. The molecule has 0 amide bonds. The van der Waals surface area contributed by atoms with Gasteiger partial charge in [0, 0.05) is 18.2 Å². The lowest BCUT2D eigenvalue weighted by atomic mass is 9.97. The minimum absolute atomic E-state index is 0.113. The lowest BCUT2D eigenvalue weighted by Crippen LogP contribution is -2.35. The van der Waals surface area contributed by atoms with Gasteiger partial charge in [0.1, 0.15) is 17.4 Å². The van der Waals surface area contributed by atoms with E-state index in [4.69, 9.17) is 16.2 Å². The number of aromatic nitrogens is 2.